The zero-order valence-electron chi connectivity index (χ0n) is 27.7. The number of carbonyl (C=O) groups is 5. The molecule has 0 aliphatic rings. The Bertz CT molecular complexity index is 1530. The normalized spacial score (nSPS) is 12.6. The molecule has 11 nitrogen and oxygen atoms in total. The quantitative estimate of drug-likeness (QED) is 0.132. The van der Waals surface area contributed by atoms with Crippen LogP contribution in [0.25, 0.3) is 11.1 Å². The van der Waals surface area contributed by atoms with Gasteiger partial charge in [-0.1, -0.05) is 78.4 Å². The standard InChI is InChI=1S/C28H34F3N5O6S.C7H8/c1-43-14-13-21(36-26(41)19-9-7-18(8-10-19)17-5-3-2-4-6-17)27(42)34-15-23(38)33-16-24(39)35-20(11-12-22(32)37)25(40)28(29,30)31;1-7-5-3-2-4-6-7/h2-10,20-21,25,40H,11-16H2,1H3,(H2,32,37)(H,33,38)(H,34,42)(H,35,39)(H,36,41);2-6H,1H3. The minimum absolute atomic E-state index is 0.263. The predicted octanol–water partition coefficient (Wildman–Crippen LogP) is 3.11. The first-order chi connectivity index (χ1) is 23.7. The van der Waals surface area contributed by atoms with Gasteiger partial charge in [-0.05, 0) is 55.0 Å². The topological polar surface area (TPSA) is 180 Å². The first kappa shape index (κ1) is 41.3. The molecule has 0 saturated heterocycles. The number of hydrogen-bond donors (Lipinski definition) is 6. The molecule has 50 heavy (non-hydrogen) atoms. The molecular weight excluding hydrogens is 675 g/mol. The van der Waals surface area contributed by atoms with Gasteiger partial charge in [0.15, 0.2) is 6.10 Å². The zero-order chi connectivity index (χ0) is 37.1. The van der Waals surface area contributed by atoms with Crippen LogP contribution in [0, 0.1) is 6.92 Å². The SMILES string of the molecule is CSCCC(NC(=O)c1ccc(-c2ccccc2)cc1)C(=O)NCC(=O)NCC(=O)NC(CCC(N)=O)C(O)C(F)(F)F.Cc1ccccc1. The van der Waals surface area contributed by atoms with E-state index < -0.39 is 79.8 Å². The highest BCUT2D eigenvalue weighted by molar-refractivity contribution is 7.98. The maximum absolute atomic E-state index is 12.9. The van der Waals surface area contributed by atoms with Crippen molar-refractivity contribution in [2.75, 3.05) is 25.1 Å². The first-order valence-corrected chi connectivity index (χ1v) is 16.9. The molecule has 0 fully saturated rings. The summed E-state index contributed by atoms with van der Waals surface area (Å²) >= 11 is 1.45. The lowest BCUT2D eigenvalue weighted by Crippen LogP contribution is -2.53. The van der Waals surface area contributed by atoms with E-state index in [9.17, 15) is 42.3 Å². The second-order valence-electron chi connectivity index (χ2n) is 11.1. The summed E-state index contributed by atoms with van der Waals surface area (Å²) in [6.45, 7) is 0.734. The summed E-state index contributed by atoms with van der Waals surface area (Å²) in [5.41, 5.74) is 8.47. The lowest BCUT2D eigenvalue weighted by Gasteiger charge is -2.25. The molecule has 0 heterocycles. The number of aryl methyl sites for hydroxylation is 1. The van der Waals surface area contributed by atoms with Crippen LogP contribution in [0.4, 0.5) is 13.2 Å². The van der Waals surface area contributed by atoms with Crippen LogP contribution in [0.3, 0.4) is 0 Å². The lowest BCUT2D eigenvalue weighted by atomic mass is 10.0. The van der Waals surface area contributed by atoms with Crippen LogP contribution in [0.5, 0.6) is 0 Å². The van der Waals surface area contributed by atoms with Crippen LogP contribution in [0.15, 0.2) is 84.9 Å². The molecule has 270 valence electrons. The van der Waals surface area contributed by atoms with Gasteiger partial charge in [-0.2, -0.15) is 24.9 Å². The van der Waals surface area contributed by atoms with Crippen molar-refractivity contribution < 1.29 is 42.3 Å². The summed E-state index contributed by atoms with van der Waals surface area (Å²) < 4.78 is 38.7. The van der Waals surface area contributed by atoms with Crippen LogP contribution < -0.4 is 27.0 Å². The minimum atomic E-state index is -5.07. The van der Waals surface area contributed by atoms with Gasteiger partial charge in [-0.25, -0.2) is 0 Å². The molecule has 5 amide bonds. The molecule has 0 aliphatic heterocycles. The Morgan fingerprint density at radius 1 is 0.780 bits per heavy atom. The maximum atomic E-state index is 12.9. The van der Waals surface area contributed by atoms with E-state index in [1.54, 1.807) is 24.3 Å². The van der Waals surface area contributed by atoms with Gasteiger partial charge in [0.2, 0.25) is 23.6 Å². The fourth-order valence-corrected chi connectivity index (χ4v) is 4.82. The number of aliphatic hydroxyl groups excluding tert-OH is 1. The van der Waals surface area contributed by atoms with Crippen molar-refractivity contribution in [1.82, 2.24) is 21.3 Å². The van der Waals surface area contributed by atoms with Crippen molar-refractivity contribution >= 4 is 41.3 Å². The van der Waals surface area contributed by atoms with Crippen molar-refractivity contribution in [1.29, 1.82) is 0 Å². The molecule has 3 aromatic rings. The number of nitrogens with two attached hydrogens (primary N) is 1. The Labute approximate surface area is 293 Å². The van der Waals surface area contributed by atoms with Gasteiger partial charge in [0.1, 0.15) is 6.04 Å². The average Bonchev–Trinajstić information content (AvgIpc) is 3.10. The number of primary amides is 1. The number of nitrogens with one attached hydrogen (secondary N) is 4. The molecule has 7 N–H and O–H groups in total. The number of aliphatic hydroxyl groups is 1. The first-order valence-electron chi connectivity index (χ1n) is 15.5. The van der Waals surface area contributed by atoms with E-state index in [2.05, 4.69) is 35.0 Å². The third-order valence-corrected chi connectivity index (χ3v) is 7.70. The molecule has 0 saturated carbocycles. The summed E-state index contributed by atoms with van der Waals surface area (Å²) in [5.74, 6) is -3.44. The lowest BCUT2D eigenvalue weighted by molar-refractivity contribution is -0.212. The monoisotopic (exact) mass is 717 g/mol. The summed E-state index contributed by atoms with van der Waals surface area (Å²) in [4.78, 5) is 60.8. The van der Waals surface area contributed by atoms with Gasteiger partial charge in [0.25, 0.3) is 5.91 Å². The number of carbonyl (C=O) groups excluding carboxylic acids is 5. The highest BCUT2D eigenvalue weighted by Gasteiger charge is 2.44. The van der Waals surface area contributed by atoms with E-state index in [1.807, 2.05) is 60.1 Å². The van der Waals surface area contributed by atoms with Crippen molar-refractivity contribution in [3.05, 3.63) is 96.1 Å². The van der Waals surface area contributed by atoms with E-state index in [0.717, 1.165) is 11.1 Å². The van der Waals surface area contributed by atoms with Gasteiger partial charge < -0.3 is 32.1 Å². The molecule has 0 spiro atoms. The van der Waals surface area contributed by atoms with Crippen LogP contribution in [0.1, 0.15) is 35.2 Å². The number of hydrogen-bond acceptors (Lipinski definition) is 7. The Balaban J connectivity index is 0.00000110. The van der Waals surface area contributed by atoms with E-state index in [1.165, 1.54) is 17.3 Å². The van der Waals surface area contributed by atoms with Crippen LogP contribution >= 0.6 is 11.8 Å². The molecule has 0 radical (unpaired) electrons. The molecular formula is C35H42F3N5O6S. The van der Waals surface area contributed by atoms with E-state index in [0.29, 0.717) is 11.3 Å². The number of benzene rings is 3. The smallest absolute Gasteiger partial charge is 0.382 e. The maximum Gasteiger partial charge on any atom is 0.416 e. The zero-order valence-corrected chi connectivity index (χ0v) is 28.5. The molecule has 0 bridgehead atoms. The summed E-state index contributed by atoms with van der Waals surface area (Å²) in [7, 11) is 0. The summed E-state index contributed by atoms with van der Waals surface area (Å²) in [5, 5.41) is 18.6. The van der Waals surface area contributed by atoms with Crippen molar-refractivity contribution in [3.8, 4) is 11.1 Å². The Kier molecular flexibility index (Phi) is 17.5. The molecule has 3 rings (SSSR count). The van der Waals surface area contributed by atoms with E-state index >= 15 is 0 Å². The van der Waals surface area contributed by atoms with Gasteiger partial charge in [0, 0.05) is 12.0 Å². The fourth-order valence-electron chi connectivity index (χ4n) is 4.35. The number of amides is 5. The van der Waals surface area contributed by atoms with Crippen LogP contribution in [-0.2, 0) is 19.2 Å². The van der Waals surface area contributed by atoms with Crippen molar-refractivity contribution in [3.63, 3.8) is 0 Å². The molecule has 3 aromatic carbocycles. The average molecular weight is 718 g/mol. The largest absolute Gasteiger partial charge is 0.416 e. The van der Waals surface area contributed by atoms with Crippen LogP contribution in [0.2, 0.25) is 0 Å². The summed E-state index contributed by atoms with van der Waals surface area (Å²) in [6, 6.07) is 23.8. The number of alkyl halides is 3. The van der Waals surface area contributed by atoms with Crippen LogP contribution in [-0.4, -0.2) is 84.1 Å². The number of rotatable bonds is 16. The third kappa shape index (κ3) is 15.6. The second-order valence-corrected chi connectivity index (χ2v) is 12.1. The van der Waals surface area contributed by atoms with Crippen molar-refractivity contribution in [2.45, 2.75) is 50.6 Å². The summed E-state index contributed by atoms with van der Waals surface area (Å²) in [6.07, 6.45) is -7.05. The predicted molar refractivity (Wildman–Crippen MR) is 186 cm³/mol. The molecule has 15 heteroatoms. The minimum Gasteiger partial charge on any atom is -0.382 e. The Morgan fingerprint density at radius 3 is 1.86 bits per heavy atom. The molecule has 0 aliphatic carbocycles. The number of thioether (sulfide) groups is 1. The third-order valence-electron chi connectivity index (χ3n) is 7.06. The van der Waals surface area contributed by atoms with Crippen molar-refractivity contribution in [2.24, 2.45) is 5.73 Å². The highest BCUT2D eigenvalue weighted by atomic mass is 32.2. The number of halogens is 3. The van der Waals surface area contributed by atoms with E-state index in [-0.39, 0.29) is 6.42 Å². The molecule has 3 unspecified atom stereocenters. The van der Waals surface area contributed by atoms with Gasteiger partial charge in [-0.3, -0.25) is 24.0 Å². The van der Waals surface area contributed by atoms with E-state index in [4.69, 9.17) is 5.73 Å². The van der Waals surface area contributed by atoms with Gasteiger partial charge in [0.05, 0.1) is 19.1 Å². The molecule has 0 aromatic heterocycles. The van der Waals surface area contributed by atoms with Gasteiger partial charge in [-0.15, -0.1) is 0 Å². The Morgan fingerprint density at radius 2 is 1.34 bits per heavy atom. The molecule has 3 atom stereocenters. The fraction of sp³-hybridized carbons (Fsp3) is 0.343. The Hall–Kier alpha value is -4.89. The second kappa shape index (κ2) is 21.3. The van der Waals surface area contributed by atoms with Gasteiger partial charge >= 0.3 is 6.18 Å². The highest BCUT2D eigenvalue weighted by Crippen LogP contribution is 2.24.